The van der Waals surface area contributed by atoms with Crippen molar-refractivity contribution in [3.8, 4) is 0 Å². The molecule has 9 heteroatoms. The van der Waals surface area contributed by atoms with E-state index in [1.807, 2.05) is 27.2 Å². The Bertz CT molecular complexity index is 995. The first-order valence-electron chi connectivity index (χ1n) is 22.9. The molecule has 0 spiro atoms. The first-order chi connectivity index (χ1) is 26.5. The van der Waals surface area contributed by atoms with Gasteiger partial charge in [-0.05, 0) is 44.9 Å². The average Bonchev–Trinajstić information content (AvgIpc) is 3.13. The number of aliphatic hydroxyl groups excluding tert-OH is 1. The van der Waals surface area contributed by atoms with E-state index < -0.39 is 20.0 Å². The number of unbranched alkanes of at least 4 members (excludes halogenated alkanes) is 24. The summed E-state index contributed by atoms with van der Waals surface area (Å²) in [4.78, 5) is 22.7. The van der Waals surface area contributed by atoms with Gasteiger partial charge in [0.1, 0.15) is 13.2 Å². The molecule has 0 aromatic carbocycles. The lowest BCUT2D eigenvalue weighted by atomic mass is 10.0. The Labute approximate surface area is 340 Å². The third-order valence-electron chi connectivity index (χ3n) is 10.1. The number of carbonyl (C=O) groups is 1. The second-order valence-corrected chi connectivity index (χ2v) is 18.2. The molecule has 3 atom stereocenters. The highest BCUT2D eigenvalue weighted by molar-refractivity contribution is 7.47. The number of nitrogens with zero attached hydrogens (tertiary/aromatic N) is 1. The number of phosphoric ester groups is 1. The Balaban J connectivity index is 4.03. The van der Waals surface area contributed by atoms with Crippen LogP contribution in [0.5, 0.6) is 0 Å². The molecule has 0 bridgehead atoms. The van der Waals surface area contributed by atoms with E-state index in [2.05, 4.69) is 43.5 Å². The van der Waals surface area contributed by atoms with Crippen LogP contribution in [0.1, 0.15) is 200 Å². The molecule has 8 nitrogen and oxygen atoms in total. The van der Waals surface area contributed by atoms with Gasteiger partial charge >= 0.3 is 7.82 Å². The Morgan fingerprint density at radius 2 is 1.00 bits per heavy atom. The first-order valence-corrected chi connectivity index (χ1v) is 24.4. The molecule has 0 saturated heterocycles. The van der Waals surface area contributed by atoms with Gasteiger partial charge in [-0.3, -0.25) is 13.8 Å². The average molecular weight is 798 g/mol. The second-order valence-electron chi connectivity index (χ2n) is 16.8. The molecule has 3 unspecified atom stereocenters. The number of allylic oxidation sites excluding steroid dienone is 5. The summed E-state index contributed by atoms with van der Waals surface area (Å²) < 4.78 is 23.3. The van der Waals surface area contributed by atoms with Crippen LogP contribution in [0.25, 0.3) is 0 Å². The van der Waals surface area contributed by atoms with Crippen LogP contribution in [0.3, 0.4) is 0 Å². The van der Waals surface area contributed by atoms with Gasteiger partial charge in [0, 0.05) is 6.42 Å². The highest BCUT2D eigenvalue weighted by Crippen LogP contribution is 2.43. The molecule has 0 aliphatic rings. The van der Waals surface area contributed by atoms with Crippen LogP contribution in [0.2, 0.25) is 0 Å². The van der Waals surface area contributed by atoms with Gasteiger partial charge in [0.25, 0.3) is 0 Å². The van der Waals surface area contributed by atoms with E-state index >= 15 is 0 Å². The second kappa shape index (κ2) is 38.2. The van der Waals surface area contributed by atoms with E-state index in [0.717, 1.165) is 51.4 Å². The number of quaternary nitrogens is 1. The zero-order chi connectivity index (χ0) is 40.7. The van der Waals surface area contributed by atoms with Crippen LogP contribution in [0.15, 0.2) is 36.5 Å². The largest absolute Gasteiger partial charge is 0.472 e. The summed E-state index contributed by atoms with van der Waals surface area (Å²) in [6.07, 6.45) is 47.4. The summed E-state index contributed by atoms with van der Waals surface area (Å²) in [6.45, 7) is 4.65. The van der Waals surface area contributed by atoms with Gasteiger partial charge in [0.05, 0.1) is 39.9 Å². The van der Waals surface area contributed by atoms with Crippen molar-refractivity contribution in [2.45, 2.75) is 212 Å². The molecular formula is C46H90N2O6P+. The quantitative estimate of drug-likeness (QED) is 0.0246. The molecule has 0 aliphatic carbocycles. The molecule has 0 aromatic rings. The molecule has 0 rings (SSSR count). The molecular weight excluding hydrogens is 707 g/mol. The monoisotopic (exact) mass is 798 g/mol. The number of hydrogen-bond donors (Lipinski definition) is 3. The third-order valence-corrected chi connectivity index (χ3v) is 11.1. The molecule has 0 radical (unpaired) electrons. The van der Waals surface area contributed by atoms with Crippen molar-refractivity contribution in [3.05, 3.63) is 36.5 Å². The fourth-order valence-corrected chi connectivity index (χ4v) is 7.16. The van der Waals surface area contributed by atoms with Gasteiger partial charge in [0.2, 0.25) is 5.91 Å². The van der Waals surface area contributed by atoms with Crippen molar-refractivity contribution < 1.29 is 32.9 Å². The zero-order valence-electron chi connectivity index (χ0n) is 36.7. The summed E-state index contributed by atoms with van der Waals surface area (Å²) in [7, 11) is 1.54. The van der Waals surface area contributed by atoms with E-state index in [9.17, 15) is 19.4 Å². The highest BCUT2D eigenvalue weighted by Gasteiger charge is 2.27. The molecule has 55 heavy (non-hydrogen) atoms. The summed E-state index contributed by atoms with van der Waals surface area (Å²) in [5.41, 5.74) is 0. The van der Waals surface area contributed by atoms with E-state index in [0.29, 0.717) is 17.4 Å². The number of rotatable bonds is 41. The maximum absolute atomic E-state index is 12.6. The van der Waals surface area contributed by atoms with Gasteiger partial charge in [0.15, 0.2) is 0 Å². The highest BCUT2D eigenvalue weighted by atomic mass is 31.2. The summed E-state index contributed by atoms with van der Waals surface area (Å²) in [6, 6.07) is -0.862. The van der Waals surface area contributed by atoms with Gasteiger partial charge in [-0.2, -0.15) is 0 Å². The van der Waals surface area contributed by atoms with E-state index in [1.54, 1.807) is 6.08 Å². The summed E-state index contributed by atoms with van der Waals surface area (Å²) in [5, 5.41) is 13.6. The smallest absolute Gasteiger partial charge is 0.387 e. The Morgan fingerprint density at radius 1 is 0.600 bits per heavy atom. The third kappa shape index (κ3) is 40.7. The predicted octanol–water partition coefficient (Wildman–Crippen LogP) is 12.7. The fraction of sp³-hybridized carbons (Fsp3) is 0.848. The Morgan fingerprint density at radius 3 is 1.45 bits per heavy atom. The molecule has 0 fully saturated rings. The van der Waals surface area contributed by atoms with Crippen LogP contribution in [-0.2, 0) is 18.4 Å². The number of hydrogen-bond acceptors (Lipinski definition) is 5. The number of phosphoric acid groups is 1. The van der Waals surface area contributed by atoms with Gasteiger partial charge in [-0.1, -0.05) is 185 Å². The van der Waals surface area contributed by atoms with Crippen LogP contribution in [-0.4, -0.2) is 73.4 Å². The zero-order valence-corrected chi connectivity index (χ0v) is 37.6. The van der Waals surface area contributed by atoms with Crippen molar-refractivity contribution in [1.82, 2.24) is 5.32 Å². The number of carbonyl (C=O) groups excluding carboxylic acids is 1. The van der Waals surface area contributed by atoms with E-state index in [1.165, 1.54) is 128 Å². The van der Waals surface area contributed by atoms with Crippen molar-refractivity contribution >= 4 is 13.7 Å². The Kier molecular flexibility index (Phi) is 37.4. The van der Waals surface area contributed by atoms with Gasteiger partial charge < -0.3 is 19.8 Å². The van der Waals surface area contributed by atoms with Crippen molar-refractivity contribution in [3.63, 3.8) is 0 Å². The number of nitrogens with one attached hydrogen (secondary N) is 1. The minimum Gasteiger partial charge on any atom is -0.387 e. The number of amides is 1. The SMILES string of the molecule is CCCCCCCCCCCCCCCCCCCCC/C=C/CC/C=C/CC/C=C/C(O)C(COP(=O)(O)OCC[N+](C)(C)C)NC(=O)CCCCCC. The van der Waals surface area contributed by atoms with Crippen molar-refractivity contribution in [2.75, 3.05) is 40.9 Å². The predicted molar refractivity (Wildman–Crippen MR) is 235 cm³/mol. The summed E-state index contributed by atoms with van der Waals surface area (Å²) >= 11 is 0. The Hall–Kier alpha value is -1.28. The van der Waals surface area contributed by atoms with Crippen molar-refractivity contribution in [2.24, 2.45) is 0 Å². The molecule has 0 heterocycles. The molecule has 3 N–H and O–H groups in total. The minimum absolute atomic E-state index is 0.0532. The van der Waals surface area contributed by atoms with Crippen molar-refractivity contribution in [1.29, 1.82) is 0 Å². The summed E-state index contributed by atoms with van der Waals surface area (Å²) in [5.74, 6) is -0.210. The van der Waals surface area contributed by atoms with E-state index in [-0.39, 0.29) is 19.1 Å². The molecule has 1 amide bonds. The topological polar surface area (TPSA) is 105 Å². The molecule has 0 saturated carbocycles. The molecule has 0 aromatic heterocycles. The van der Waals surface area contributed by atoms with Gasteiger partial charge in [-0.15, -0.1) is 0 Å². The maximum Gasteiger partial charge on any atom is 0.472 e. The minimum atomic E-state index is -4.33. The van der Waals surface area contributed by atoms with E-state index in [4.69, 9.17) is 9.05 Å². The lowest BCUT2D eigenvalue weighted by Crippen LogP contribution is -2.45. The molecule has 0 aliphatic heterocycles. The normalized spacial score (nSPS) is 14.7. The van der Waals surface area contributed by atoms with Gasteiger partial charge in [-0.25, -0.2) is 4.57 Å². The van der Waals surface area contributed by atoms with Crippen LogP contribution in [0.4, 0.5) is 0 Å². The van der Waals surface area contributed by atoms with Crippen LogP contribution in [0, 0.1) is 0 Å². The standard InChI is InChI=1S/C46H89N2O6P/c1-6-8-10-12-13-14-15-16-17-18-19-20-21-22-23-24-25-26-27-28-29-30-31-32-33-34-35-36-37-39-45(49)44(47-46(50)40-38-11-9-7-2)43-54-55(51,52)53-42-41-48(3,4)5/h29-30,33-34,37,39,44-45,49H,6-28,31-32,35-36,38,40-43H2,1-5H3,(H-,47,50,51,52)/p+1/b30-29+,34-33+,39-37+. The van der Waals surface area contributed by atoms with Crippen LogP contribution >= 0.6 is 7.82 Å². The lowest BCUT2D eigenvalue weighted by Gasteiger charge is -2.25. The number of aliphatic hydroxyl groups is 1. The number of likely N-dealkylation sites (N-methyl/N-ethyl adjacent to an activating group) is 1. The van der Waals surface area contributed by atoms with Crippen LogP contribution < -0.4 is 5.32 Å². The molecule has 324 valence electrons. The fourth-order valence-electron chi connectivity index (χ4n) is 6.43. The first kappa shape index (κ1) is 53.7. The lowest BCUT2D eigenvalue weighted by molar-refractivity contribution is -0.870. The maximum atomic E-state index is 12.6.